The van der Waals surface area contributed by atoms with Crippen LogP contribution in [0.4, 0.5) is 0 Å². The highest BCUT2D eigenvalue weighted by atomic mass is 15.3. The molecular weight excluding hydrogens is 208 g/mol. The highest BCUT2D eigenvalue weighted by Crippen LogP contribution is 2.46. The molecule has 1 aliphatic heterocycles. The number of hydrogen-bond acceptors (Lipinski definition) is 2. The molecule has 2 nitrogen and oxygen atoms in total. The smallest absolute Gasteiger partial charge is 0.0339 e. The second-order valence-corrected chi connectivity index (χ2v) is 7.47. The van der Waals surface area contributed by atoms with Gasteiger partial charge in [0.1, 0.15) is 0 Å². The molecule has 2 heteroatoms. The molecule has 2 fully saturated rings. The monoisotopic (exact) mass is 238 g/mol. The van der Waals surface area contributed by atoms with E-state index in [0.717, 1.165) is 18.5 Å². The Balaban J connectivity index is 2.19. The van der Waals surface area contributed by atoms with E-state index in [2.05, 4.69) is 32.6 Å². The standard InChI is InChI=1S/C15H30N2/c1-12-8-13(2)17(9-12)15(11-16)7-5-6-14(3,4)10-15/h12-13H,5-11,16H2,1-4H3. The van der Waals surface area contributed by atoms with Crippen molar-refractivity contribution in [3.8, 4) is 0 Å². The molecule has 0 aromatic heterocycles. The fourth-order valence-electron chi connectivity index (χ4n) is 4.46. The lowest BCUT2D eigenvalue weighted by atomic mass is 9.67. The molecule has 1 aliphatic carbocycles. The third-order valence-corrected chi connectivity index (χ3v) is 5.08. The summed E-state index contributed by atoms with van der Waals surface area (Å²) in [6, 6.07) is 0.724. The zero-order chi connectivity index (χ0) is 12.7. The molecule has 1 heterocycles. The maximum atomic E-state index is 6.21. The zero-order valence-electron chi connectivity index (χ0n) is 12.1. The molecule has 1 saturated carbocycles. The molecule has 0 aromatic carbocycles. The molecule has 2 aliphatic rings. The van der Waals surface area contributed by atoms with Crippen LogP contribution >= 0.6 is 0 Å². The fourth-order valence-corrected chi connectivity index (χ4v) is 4.46. The second kappa shape index (κ2) is 4.55. The highest BCUT2D eigenvalue weighted by molar-refractivity contribution is 5.03. The van der Waals surface area contributed by atoms with Gasteiger partial charge in [0.25, 0.3) is 0 Å². The van der Waals surface area contributed by atoms with Gasteiger partial charge < -0.3 is 5.73 Å². The van der Waals surface area contributed by atoms with Gasteiger partial charge in [0.05, 0.1) is 0 Å². The Morgan fingerprint density at radius 1 is 1.24 bits per heavy atom. The first-order valence-corrected chi connectivity index (χ1v) is 7.35. The van der Waals surface area contributed by atoms with Crippen molar-refractivity contribution in [2.24, 2.45) is 17.1 Å². The number of hydrogen-bond donors (Lipinski definition) is 1. The normalized spacial score (nSPS) is 42.9. The van der Waals surface area contributed by atoms with Gasteiger partial charge in [0.15, 0.2) is 0 Å². The van der Waals surface area contributed by atoms with Crippen LogP contribution in [0.2, 0.25) is 0 Å². The van der Waals surface area contributed by atoms with Crippen molar-refractivity contribution in [3.63, 3.8) is 0 Å². The number of rotatable bonds is 2. The molecule has 2 N–H and O–H groups in total. The summed E-state index contributed by atoms with van der Waals surface area (Å²) in [5, 5.41) is 0. The van der Waals surface area contributed by atoms with E-state index in [1.807, 2.05) is 0 Å². The van der Waals surface area contributed by atoms with E-state index in [4.69, 9.17) is 5.73 Å². The molecule has 3 unspecified atom stereocenters. The Morgan fingerprint density at radius 3 is 2.41 bits per heavy atom. The first-order valence-electron chi connectivity index (χ1n) is 7.35. The molecule has 0 bridgehead atoms. The summed E-state index contributed by atoms with van der Waals surface area (Å²) in [6.45, 7) is 11.7. The van der Waals surface area contributed by atoms with Crippen molar-refractivity contribution in [2.45, 2.75) is 71.4 Å². The molecule has 0 spiro atoms. The summed E-state index contributed by atoms with van der Waals surface area (Å²) >= 11 is 0. The average Bonchev–Trinajstić information content (AvgIpc) is 2.56. The van der Waals surface area contributed by atoms with Gasteiger partial charge in [-0.2, -0.15) is 0 Å². The van der Waals surface area contributed by atoms with Gasteiger partial charge in [0.2, 0.25) is 0 Å². The van der Waals surface area contributed by atoms with Crippen molar-refractivity contribution in [2.75, 3.05) is 13.1 Å². The van der Waals surface area contributed by atoms with Gasteiger partial charge in [0, 0.05) is 24.7 Å². The van der Waals surface area contributed by atoms with E-state index in [1.54, 1.807) is 0 Å². The lowest BCUT2D eigenvalue weighted by Crippen LogP contribution is -2.58. The van der Waals surface area contributed by atoms with Gasteiger partial charge in [-0.05, 0) is 43.9 Å². The molecule has 100 valence electrons. The van der Waals surface area contributed by atoms with Gasteiger partial charge in [-0.1, -0.05) is 27.2 Å². The van der Waals surface area contributed by atoms with E-state index in [-0.39, 0.29) is 0 Å². The van der Waals surface area contributed by atoms with Crippen molar-refractivity contribution in [3.05, 3.63) is 0 Å². The Bertz CT molecular complexity index is 274. The fraction of sp³-hybridized carbons (Fsp3) is 1.00. The first kappa shape index (κ1) is 13.4. The van der Waals surface area contributed by atoms with Crippen molar-refractivity contribution in [1.82, 2.24) is 4.90 Å². The minimum Gasteiger partial charge on any atom is -0.329 e. The van der Waals surface area contributed by atoms with Gasteiger partial charge in [-0.25, -0.2) is 0 Å². The van der Waals surface area contributed by atoms with E-state index >= 15 is 0 Å². The van der Waals surface area contributed by atoms with Gasteiger partial charge in [-0.3, -0.25) is 4.90 Å². The summed E-state index contributed by atoms with van der Waals surface area (Å²) in [5.41, 5.74) is 6.98. The second-order valence-electron chi connectivity index (χ2n) is 7.47. The van der Waals surface area contributed by atoms with Crippen LogP contribution in [0.15, 0.2) is 0 Å². The van der Waals surface area contributed by atoms with Crippen LogP contribution in [-0.4, -0.2) is 29.6 Å². The molecule has 0 aromatic rings. The van der Waals surface area contributed by atoms with Crippen molar-refractivity contribution >= 4 is 0 Å². The van der Waals surface area contributed by atoms with Gasteiger partial charge in [-0.15, -0.1) is 0 Å². The topological polar surface area (TPSA) is 29.3 Å². The Labute approximate surface area is 107 Å². The predicted molar refractivity (Wildman–Crippen MR) is 74.0 cm³/mol. The Kier molecular flexibility index (Phi) is 3.57. The van der Waals surface area contributed by atoms with E-state index in [0.29, 0.717) is 11.0 Å². The van der Waals surface area contributed by atoms with Crippen LogP contribution in [0.5, 0.6) is 0 Å². The molecule has 3 atom stereocenters. The number of nitrogens with zero attached hydrogens (tertiary/aromatic N) is 1. The van der Waals surface area contributed by atoms with Crippen LogP contribution < -0.4 is 5.73 Å². The molecule has 17 heavy (non-hydrogen) atoms. The summed E-state index contributed by atoms with van der Waals surface area (Å²) in [5.74, 6) is 0.846. The maximum Gasteiger partial charge on any atom is 0.0339 e. The minimum atomic E-state index is 0.298. The molecule has 1 saturated heterocycles. The average molecular weight is 238 g/mol. The third-order valence-electron chi connectivity index (χ3n) is 5.08. The van der Waals surface area contributed by atoms with Crippen molar-refractivity contribution in [1.29, 1.82) is 0 Å². The van der Waals surface area contributed by atoms with Gasteiger partial charge >= 0.3 is 0 Å². The van der Waals surface area contributed by atoms with Crippen LogP contribution in [0, 0.1) is 11.3 Å². The lowest BCUT2D eigenvalue weighted by Gasteiger charge is -2.51. The summed E-state index contributed by atoms with van der Waals surface area (Å²) < 4.78 is 0. The quantitative estimate of drug-likeness (QED) is 0.801. The van der Waals surface area contributed by atoms with E-state index in [1.165, 1.54) is 38.6 Å². The van der Waals surface area contributed by atoms with Crippen LogP contribution in [0.3, 0.4) is 0 Å². The first-order chi connectivity index (χ1) is 7.88. The Morgan fingerprint density at radius 2 is 1.94 bits per heavy atom. The maximum absolute atomic E-state index is 6.21. The van der Waals surface area contributed by atoms with Crippen molar-refractivity contribution < 1.29 is 0 Å². The highest BCUT2D eigenvalue weighted by Gasteiger charge is 2.46. The lowest BCUT2D eigenvalue weighted by molar-refractivity contribution is 0.00394. The number of nitrogens with two attached hydrogens (primary N) is 1. The largest absolute Gasteiger partial charge is 0.329 e. The number of likely N-dealkylation sites (tertiary alicyclic amines) is 1. The predicted octanol–water partition coefficient (Wildman–Crippen LogP) is 3.01. The van der Waals surface area contributed by atoms with E-state index < -0.39 is 0 Å². The summed E-state index contributed by atoms with van der Waals surface area (Å²) in [4.78, 5) is 2.75. The SMILES string of the molecule is CC1CC(C)N(C2(CN)CCCC(C)(C)C2)C1. The summed E-state index contributed by atoms with van der Waals surface area (Å²) in [6.07, 6.45) is 6.66. The van der Waals surface area contributed by atoms with Crippen LogP contribution in [-0.2, 0) is 0 Å². The molecule has 0 radical (unpaired) electrons. The zero-order valence-corrected chi connectivity index (χ0v) is 12.1. The molecular formula is C15H30N2. The summed E-state index contributed by atoms with van der Waals surface area (Å²) in [7, 11) is 0. The van der Waals surface area contributed by atoms with Crippen LogP contribution in [0.25, 0.3) is 0 Å². The minimum absolute atomic E-state index is 0.298. The van der Waals surface area contributed by atoms with E-state index in [9.17, 15) is 0 Å². The Hall–Kier alpha value is -0.0800. The molecule has 0 amide bonds. The van der Waals surface area contributed by atoms with Crippen LogP contribution in [0.1, 0.15) is 59.8 Å². The molecule has 2 rings (SSSR count). The third kappa shape index (κ3) is 2.53.